The molecule has 8 heteroatoms. The highest BCUT2D eigenvalue weighted by Gasteiger charge is 2.31. The van der Waals surface area contributed by atoms with Crippen LogP contribution in [0.3, 0.4) is 0 Å². The van der Waals surface area contributed by atoms with Gasteiger partial charge in [-0.05, 0) is 48.0 Å². The van der Waals surface area contributed by atoms with E-state index in [2.05, 4.69) is 15.9 Å². The number of halogens is 2. The molecule has 32 heavy (non-hydrogen) atoms. The summed E-state index contributed by atoms with van der Waals surface area (Å²) in [6.45, 7) is -0.286. The zero-order chi connectivity index (χ0) is 22.7. The second-order valence-electron chi connectivity index (χ2n) is 6.90. The van der Waals surface area contributed by atoms with Crippen molar-refractivity contribution in [3.8, 4) is 23.3 Å². The van der Waals surface area contributed by atoms with Crippen LogP contribution in [0.2, 0.25) is 0 Å². The Hall–Kier alpha value is -3.83. The lowest BCUT2D eigenvalue weighted by Gasteiger charge is -2.26. The van der Waals surface area contributed by atoms with Gasteiger partial charge in [-0.3, -0.25) is 0 Å². The molecule has 0 aromatic heterocycles. The van der Waals surface area contributed by atoms with Crippen LogP contribution in [0.15, 0.2) is 82.7 Å². The van der Waals surface area contributed by atoms with Crippen LogP contribution in [0.5, 0.6) is 17.2 Å². The van der Waals surface area contributed by atoms with Crippen molar-refractivity contribution in [1.82, 2.24) is 0 Å². The van der Waals surface area contributed by atoms with Crippen LogP contribution in [0.25, 0.3) is 0 Å². The number of hydrogen-bond acceptors (Lipinski definition) is 6. The Kier molecular flexibility index (Phi) is 6.10. The van der Waals surface area contributed by atoms with E-state index in [1.807, 2.05) is 6.07 Å². The molecule has 1 aliphatic heterocycles. The zero-order valence-electron chi connectivity index (χ0n) is 16.5. The summed E-state index contributed by atoms with van der Waals surface area (Å²) in [4.78, 5) is 12.2. The first-order valence-corrected chi connectivity index (χ1v) is 10.3. The van der Waals surface area contributed by atoms with Gasteiger partial charge in [-0.15, -0.1) is 0 Å². The Labute approximate surface area is 191 Å². The molecular formula is C24H16BrFN2O4. The molecular weight excluding hydrogens is 479 g/mol. The Morgan fingerprint density at radius 2 is 1.88 bits per heavy atom. The molecule has 0 aliphatic carbocycles. The number of esters is 1. The maximum absolute atomic E-state index is 13.8. The average Bonchev–Trinajstić information content (AvgIpc) is 2.77. The van der Waals surface area contributed by atoms with Crippen molar-refractivity contribution in [3.63, 3.8) is 0 Å². The first-order valence-electron chi connectivity index (χ1n) is 9.50. The molecule has 1 aliphatic rings. The van der Waals surface area contributed by atoms with Crippen LogP contribution >= 0.6 is 15.9 Å². The summed E-state index contributed by atoms with van der Waals surface area (Å²) in [5, 5.41) is 9.58. The second kappa shape index (κ2) is 9.12. The van der Waals surface area contributed by atoms with Crippen molar-refractivity contribution < 1.29 is 23.4 Å². The number of nitriles is 1. The predicted octanol–water partition coefficient (Wildman–Crippen LogP) is 4.79. The van der Waals surface area contributed by atoms with Gasteiger partial charge in [-0.25, -0.2) is 9.18 Å². The number of ether oxygens (including phenoxy) is 3. The van der Waals surface area contributed by atoms with Crippen LogP contribution in [-0.4, -0.2) is 12.6 Å². The fourth-order valence-corrected chi connectivity index (χ4v) is 3.63. The van der Waals surface area contributed by atoms with Crippen molar-refractivity contribution in [2.75, 3.05) is 6.61 Å². The van der Waals surface area contributed by atoms with Crippen molar-refractivity contribution in [2.45, 2.75) is 5.92 Å². The molecule has 160 valence electrons. The van der Waals surface area contributed by atoms with Crippen molar-refractivity contribution >= 4 is 21.9 Å². The van der Waals surface area contributed by atoms with E-state index in [0.717, 1.165) is 4.47 Å². The third kappa shape index (κ3) is 4.58. The van der Waals surface area contributed by atoms with Crippen molar-refractivity contribution in [1.29, 1.82) is 5.26 Å². The number of carbonyl (C=O) groups is 1. The minimum absolute atomic E-state index is 0.0868. The number of allylic oxidation sites excluding steroid dienone is 1. The summed E-state index contributed by atoms with van der Waals surface area (Å²) in [6, 6.07) is 19.7. The largest absolute Gasteiger partial charge is 0.482 e. The number of fused-ring (bicyclic) bond motifs is 1. The molecule has 1 atom stereocenters. The van der Waals surface area contributed by atoms with E-state index in [-0.39, 0.29) is 23.8 Å². The standard InChI is InChI=1S/C24H16BrFN2O4/c25-15-4-6-17(7-5-15)30-13-22(29)31-18-8-9-19-21(11-18)32-24(28)20(12-27)23(19)14-2-1-3-16(26)10-14/h1-11,23H,13,28H2. The fourth-order valence-electron chi connectivity index (χ4n) is 3.36. The second-order valence-corrected chi connectivity index (χ2v) is 7.81. The lowest BCUT2D eigenvalue weighted by atomic mass is 9.83. The Morgan fingerprint density at radius 1 is 1.12 bits per heavy atom. The fraction of sp³-hybridized carbons (Fsp3) is 0.0833. The van der Waals surface area contributed by atoms with Crippen LogP contribution < -0.4 is 19.9 Å². The average molecular weight is 495 g/mol. The highest BCUT2D eigenvalue weighted by molar-refractivity contribution is 9.10. The van der Waals surface area contributed by atoms with Gasteiger partial charge in [0.1, 0.15) is 34.7 Å². The van der Waals surface area contributed by atoms with Crippen LogP contribution in [0.4, 0.5) is 4.39 Å². The van der Waals surface area contributed by atoms with Crippen LogP contribution in [0.1, 0.15) is 17.0 Å². The molecule has 0 saturated heterocycles. The van der Waals surface area contributed by atoms with E-state index in [9.17, 15) is 14.4 Å². The van der Waals surface area contributed by atoms with Crippen LogP contribution in [-0.2, 0) is 4.79 Å². The molecule has 1 unspecified atom stereocenters. The van der Waals surface area contributed by atoms with E-state index in [1.165, 1.54) is 18.2 Å². The molecule has 0 radical (unpaired) electrons. The topological polar surface area (TPSA) is 94.6 Å². The molecule has 3 aromatic carbocycles. The van der Waals surface area contributed by atoms with Gasteiger partial charge in [-0.2, -0.15) is 5.26 Å². The first kappa shape index (κ1) is 21.4. The van der Waals surface area contributed by atoms with Crippen molar-refractivity contribution in [3.05, 3.63) is 99.6 Å². The number of rotatable bonds is 5. The molecule has 1 heterocycles. The van der Waals surface area contributed by atoms with Gasteiger partial charge in [0.15, 0.2) is 6.61 Å². The van der Waals surface area contributed by atoms with E-state index in [0.29, 0.717) is 22.6 Å². The third-order valence-corrected chi connectivity index (χ3v) is 5.30. The van der Waals surface area contributed by atoms with E-state index in [1.54, 1.807) is 48.5 Å². The molecule has 3 aromatic rings. The van der Waals surface area contributed by atoms with E-state index >= 15 is 0 Å². The molecule has 0 fully saturated rings. The quantitative estimate of drug-likeness (QED) is 0.404. The number of nitrogens with two attached hydrogens (primary N) is 1. The smallest absolute Gasteiger partial charge is 0.349 e. The Morgan fingerprint density at radius 3 is 2.59 bits per heavy atom. The van der Waals surface area contributed by atoms with Crippen molar-refractivity contribution in [2.24, 2.45) is 5.73 Å². The molecule has 0 spiro atoms. The summed E-state index contributed by atoms with van der Waals surface area (Å²) in [7, 11) is 0. The van der Waals surface area contributed by atoms with Gasteiger partial charge in [0, 0.05) is 16.1 Å². The maximum Gasteiger partial charge on any atom is 0.349 e. The first-order chi connectivity index (χ1) is 15.4. The minimum atomic E-state index is -0.607. The summed E-state index contributed by atoms with van der Waals surface area (Å²) in [5.41, 5.74) is 7.29. The predicted molar refractivity (Wildman–Crippen MR) is 117 cm³/mol. The van der Waals surface area contributed by atoms with Gasteiger partial charge >= 0.3 is 5.97 Å². The molecule has 6 nitrogen and oxygen atoms in total. The van der Waals surface area contributed by atoms with Gasteiger partial charge in [0.2, 0.25) is 5.88 Å². The number of hydrogen-bond donors (Lipinski definition) is 1. The monoisotopic (exact) mass is 494 g/mol. The molecule has 4 rings (SSSR count). The number of carbonyl (C=O) groups excluding carboxylic acids is 1. The van der Waals surface area contributed by atoms with Gasteiger partial charge < -0.3 is 19.9 Å². The summed E-state index contributed by atoms with van der Waals surface area (Å²) in [6.07, 6.45) is 0. The van der Waals surface area contributed by atoms with E-state index in [4.69, 9.17) is 19.9 Å². The summed E-state index contributed by atoms with van der Waals surface area (Å²) < 4.78 is 31.1. The highest BCUT2D eigenvalue weighted by atomic mass is 79.9. The zero-order valence-corrected chi connectivity index (χ0v) is 18.1. The lowest BCUT2D eigenvalue weighted by Crippen LogP contribution is -2.21. The third-order valence-electron chi connectivity index (χ3n) is 4.77. The summed E-state index contributed by atoms with van der Waals surface area (Å²) in [5.74, 6) is -0.663. The maximum atomic E-state index is 13.8. The minimum Gasteiger partial charge on any atom is -0.482 e. The Bertz CT molecular complexity index is 1250. The highest BCUT2D eigenvalue weighted by Crippen LogP contribution is 2.43. The molecule has 2 N–H and O–H groups in total. The molecule has 0 bridgehead atoms. The number of benzene rings is 3. The van der Waals surface area contributed by atoms with Gasteiger partial charge in [0.25, 0.3) is 0 Å². The summed E-state index contributed by atoms with van der Waals surface area (Å²) >= 11 is 3.33. The molecule has 0 amide bonds. The normalized spacial score (nSPS) is 14.7. The lowest BCUT2D eigenvalue weighted by molar-refractivity contribution is -0.136. The number of nitrogens with zero attached hydrogens (tertiary/aromatic N) is 1. The SMILES string of the molecule is N#CC1=C(N)Oc2cc(OC(=O)COc3ccc(Br)cc3)ccc2C1c1cccc(F)c1. The van der Waals surface area contributed by atoms with E-state index < -0.39 is 17.7 Å². The Balaban J connectivity index is 1.54. The van der Waals surface area contributed by atoms with Crippen LogP contribution in [0, 0.1) is 17.1 Å². The molecule has 0 saturated carbocycles. The van der Waals surface area contributed by atoms with Gasteiger partial charge in [-0.1, -0.05) is 34.1 Å². The van der Waals surface area contributed by atoms with Gasteiger partial charge in [0.05, 0.1) is 5.92 Å².